The Hall–Kier alpha value is -4.20. The van der Waals surface area contributed by atoms with Gasteiger partial charge in [0.05, 0.1) is 23.7 Å². The second kappa shape index (κ2) is 9.74. The number of hydrogen-bond donors (Lipinski definition) is 2. The highest BCUT2D eigenvalue weighted by atomic mass is 16.3. The van der Waals surface area contributed by atoms with Gasteiger partial charge in [0.25, 0.3) is 11.5 Å². The maximum atomic E-state index is 13.0. The number of nitrogens with zero attached hydrogens (tertiary/aromatic N) is 2. The van der Waals surface area contributed by atoms with Gasteiger partial charge in [0, 0.05) is 19.5 Å². The molecule has 2 N–H and O–H groups in total. The van der Waals surface area contributed by atoms with E-state index in [2.05, 4.69) is 15.3 Å². The Balaban J connectivity index is 1.48. The molecule has 4 rings (SSSR count). The molecule has 0 bridgehead atoms. The van der Waals surface area contributed by atoms with Crippen LogP contribution in [0.3, 0.4) is 0 Å². The third kappa shape index (κ3) is 5.10. The topological polar surface area (TPSA) is 108 Å². The van der Waals surface area contributed by atoms with Gasteiger partial charge in [-0.15, -0.1) is 0 Å². The summed E-state index contributed by atoms with van der Waals surface area (Å²) in [6, 6.07) is 19.8. The van der Waals surface area contributed by atoms with Crippen LogP contribution >= 0.6 is 0 Å². The van der Waals surface area contributed by atoms with Gasteiger partial charge in [0.1, 0.15) is 5.82 Å². The predicted molar refractivity (Wildman–Crippen MR) is 119 cm³/mol. The predicted octanol–water partition coefficient (Wildman–Crippen LogP) is 2.87. The van der Waals surface area contributed by atoms with Crippen LogP contribution in [-0.2, 0) is 17.9 Å². The highest BCUT2D eigenvalue weighted by Gasteiger charge is 2.17. The fraction of sp³-hybridized carbons (Fsp3) is 0.167. The summed E-state index contributed by atoms with van der Waals surface area (Å²) in [6.45, 7) is 0.646. The average Bonchev–Trinajstić information content (AvgIpc) is 3.34. The van der Waals surface area contributed by atoms with Crippen molar-refractivity contribution in [2.75, 3.05) is 6.54 Å². The van der Waals surface area contributed by atoms with Crippen molar-refractivity contribution < 1.29 is 14.0 Å². The summed E-state index contributed by atoms with van der Waals surface area (Å²) in [7, 11) is 0. The highest BCUT2D eigenvalue weighted by molar-refractivity contribution is 5.91. The Morgan fingerprint density at radius 3 is 2.53 bits per heavy atom. The zero-order valence-electron chi connectivity index (χ0n) is 17.3. The van der Waals surface area contributed by atoms with Crippen LogP contribution in [0.4, 0.5) is 0 Å². The standard InChI is InChI=1S/C24H22N4O4/c29-22(12-13-25-24(31)20-11-6-14-32-20)28(15-17-7-2-1-3-8-17)16-21-26-19-10-5-4-9-18(19)23(30)27-21/h1-11,14H,12-13,15-16H2,(H,25,31)(H,26,27,30). The van der Waals surface area contributed by atoms with Gasteiger partial charge in [-0.05, 0) is 29.8 Å². The van der Waals surface area contributed by atoms with E-state index in [1.165, 1.54) is 6.26 Å². The molecule has 2 aromatic carbocycles. The van der Waals surface area contributed by atoms with Crippen LogP contribution in [-0.4, -0.2) is 33.2 Å². The molecule has 2 heterocycles. The first-order chi connectivity index (χ1) is 15.6. The molecule has 4 aromatic rings. The summed E-state index contributed by atoms with van der Waals surface area (Å²) in [5, 5.41) is 3.18. The Morgan fingerprint density at radius 2 is 1.75 bits per heavy atom. The molecule has 0 radical (unpaired) electrons. The molecule has 162 valence electrons. The largest absolute Gasteiger partial charge is 0.459 e. The highest BCUT2D eigenvalue weighted by Crippen LogP contribution is 2.11. The summed E-state index contributed by atoms with van der Waals surface area (Å²) in [4.78, 5) is 46.3. The molecule has 0 aliphatic rings. The van der Waals surface area contributed by atoms with Crippen LogP contribution in [0.1, 0.15) is 28.4 Å². The number of benzene rings is 2. The van der Waals surface area contributed by atoms with Crippen molar-refractivity contribution in [1.29, 1.82) is 0 Å². The Kier molecular flexibility index (Phi) is 6.41. The van der Waals surface area contributed by atoms with Crippen LogP contribution in [0.5, 0.6) is 0 Å². The van der Waals surface area contributed by atoms with Gasteiger partial charge in [-0.3, -0.25) is 14.4 Å². The van der Waals surface area contributed by atoms with Gasteiger partial charge < -0.3 is 19.6 Å². The summed E-state index contributed by atoms with van der Waals surface area (Å²) < 4.78 is 5.06. The molecule has 0 spiro atoms. The number of carbonyl (C=O) groups is 2. The first-order valence-electron chi connectivity index (χ1n) is 10.2. The normalized spacial score (nSPS) is 10.8. The fourth-order valence-corrected chi connectivity index (χ4v) is 3.36. The van der Waals surface area contributed by atoms with Crippen molar-refractivity contribution in [3.63, 3.8) is 0 Å². The van der Waals surface area contributed by atoms with Gasteiger partial charge in [-0.2, -0.15) is 0 Å². The van der Waals surface area contributed by atoms with Crippen LogP contribution in [0.25, 0.3) is 10.9 Å². The molecule has 0 aliphatic heterocycles. The summed E-state index contributed by atoms with van der Waals surface area (Å²) in [6.07, 6.45) is 1.51. The van der Waals surface area contributed by atoms with E-state index < -0.39 is 0 Å². The van der Waals surface area contributed by atoms with E-state index in [1.54, 1.807) is 35.2 Å². The molecule has 0 aliphatic carbocycles. The molecular weight excluding hydrogens is 408 g/mol. The number of nitrogens with one attached hydrogen (secondary N) is 2. The molecule has 0 atom stereocenters. The lowest BCUT2D eigenvalue weighted by atomic mass is 10.2. The smallest absolute Gasteiger partial charge is 0.286 e. The minimum Gasteiger partial charge on any atom is -0.459 e. The molecule has 2 amide bonds. The SMILES string of the molecule is O=C(NCCC(=O)N(Cc1ccccc1)Cc1nc2ccccc2c(=O)[nH]1)c1ccco1. The van der Waals surface area contributed by atoms with Crippen molar-refractivity contribution in [2.45, 2.75) is 19.5 Å². The Bertz CT molecular complexity index is 1270. The monoisotopic (exact) mass is 430 g/mol. The third-order valence-corrected chi connectivity index (χ3v) is 4.94. The minimum atomic E-state index is -0.377. The Labute approximate surface area is 183 Å². The van der Waals surface area contributed by atoms with E-state index in [0.29, 0.717) is 23.3 Å². The van der Waals surface area contributed by atoms with Crippen molar-refractivity contribution in [1.82, 2.24) is 20.2 Å². The number of para-hydroxylation sites is 1. The van der Waals surface area contributed by atoms with Gasteiger partial charge >= 0.3 is 0 Å². The molecule has 0 fully saturated rings. The van der Waals surface area contributed by atoms with E-state index in [4.69, 9.17) is 4.42 Å². The van der Waals surface area contributed by atoms with E-state index in [-0.39, 0.29) is 42.6 Å². The molecule has 0 saturated heterocycles. The second-order valence-corrected chi connectivity index (χ2v) is 7.25. The average molecular weight is 430 g/mol. The third-order valence-electron chi connectivity index (χ3n) is 4.94. The molecule has 8 heteroatoms. The number of aromatic amines is 1. The number of furan rings is 1. The number of amides is 2. The molecular formula is C24H22N4O4. The summed E-state index contributed by atoms with van der Waals surface area (Å²) in [5.41, 5.74) is 1.27. The lowest BCUT2D eigenvalue weighted by Gasteiger charge is -2.22. The van der Waals surface area contributed by atoms with Crippen LogP contribution in [0.15, 0.2) is 82.2 Å². The van der Waals surface area contributed by atoms with Crippen molar-refractivity contribution in [2.24, 2.45) is 0 Å². The lowest BCUT2D eigenvalue weighted by Crippen LogP contribution is -2.34. The van der Waals surface area contributed by atoms with Crippen molar-refractivity contribution >= 4 is 22.7 Å². The summed E-state index contributed by atoms with van der Waals surface area (Å²) in [5.74, 6) is 0.0384. The van der Waals surface area contributed by atoms with Gasteiger partial charge in [0.15, 0.2) is 5.76 Å². The van der Waals surface area contributed by atoms with Gasteiger partial charge in [-0.1, -0.05) is 42.5 Å². The van der Waals surface area contributed by atoms with Crippen LogP contribution < -0.4 is 10.9 Å². The maximum absolute atomic E-state index is 13.0. The summed E-state index contributed by atoms with van der Waals surface area (Å²) >= 11 is 0. The zero-order valence-corrected chi connectivity index (χ0v) is 17.3. The first-order valence-corrected chi connectivity index (χ1v) is 10.2. The fourth-order valence-electron chi connectivity index (χ4n) is 3.36. The zero-order chi connectivity index (χ0) is 22.3. The van der Waals surface area contributed by atoms with Crippen molar-refractivity contribution in [3.8, 4) is 0 Å². The second-order valence-electron chi connectivity index (χ2n) is 7.25. The number of rotatable bonds is 8. The molecule has 0 unspecified atom stereocenters. The van der Waals surface area contributed by atoms with E-state index in [1.807, 2.05) is 36.4 Å². The lowest BCUT2D eigenvalue weighted by molar-refractivity contribution is -0.132. The molecule has 2 aromatic heterocycles. The van der Waals surface area contributed by atoms with Crippen molar-refractivity contribution in [3.05, 3.63) is 100 Å². The first kappa shape index (κ1) is 21.0. The van der Waals surface area contributed by atoms with Gasteiger partial charge in [-0.25, -0.2) is 4.98 Å². The minimum absolute atomic E-state index is 0.0943. The number of fused-ring (bicyclic) bond motifs is 1. The van der Waals surface area contributed by atoms with E-state index >= 15 is 0 Å². The maximum Gasteiger partial charge on any atom is 0.286 e. The van der Waals surface area contributed by atoms with E-state index in [9.17, 15) is 14.4 Å². The van der Waals surface area contributed by atoms with Crippen LogP contribution in [0, 0.1) is 0 Å². The molecule has 32 heavy (non-hydrogen) atoms. The quantitative estimate of drug-likeness (QED) is 0.447. The number of aromatic nitrogens is 2. The number of carbonyl (C=O) groups excluding carboxylic acids is 2. The number of H-pyrrole nitrogens is 1. The Morgan fingerprint density at radius 1 is 0.969 bits per heavy atom. The molecule has 0 saturated carbocycles. The van der Waals surface area contributed by atoms with E-state index in [0.717, 1.165) is 5.56 Å². The van der Waals surface area contributed by atoms with Gasteiger partial charge in [0.2, 0.25) is 5.91 Å². The van der Waals surface area contributed by atoms with Crippen LogP contribution in [0.2, 0.25) is 0 Å². The number of hydrogen-bond acceptors (Lipinski definition) is 5. The molecule has 8 nitrogen and oxygen atoms in total.